The summed E-state index contributed by atoms with van der Waals surface area (Å²) < 4.78 is 41.9. The standard InChI is InChI=1S/C14H9F3O2/c15-14(16,17)11-6-3-10(4-7-11)5-8-12(18)13-2-1-9-19-13/h1-9H. The van der Waals surface area contributed by atoms with E-state index in [4.69, 9.17) is 4.42 Å². The summed E-state index contributed by atoms with van der Waals surface area (Å²) in [5, 5.41) is 0. The molecule has 0 fully saturated rings. The zero-order chi connectivity index (χ0) is 13.9. The van der Waals surface area contributed by atoms with Gasteiger partial charge < -0.3 is 4.42 Å². The molecule has 2 nitrogen and oxygen atoms in total. The molecule has 0 spiro atoms. The number of carbonyl (C=O) groups excluding carboxylic acids is 1. The highest BCUT2D eigenvalue weighted by Crippen LogP contribution is 2.29. The van der Waals surface area contributed by atoms with E-state index in [0.717, 1.165) is 12.1 Å². The summed E-state index contributed by atoms with van der Waals surface area (Å²) in [5.41, 5.74) is -0.213. The molecule has 2 rings (SSSR count). The van der Waals surface area contributed by atoms with Gasteiger partial charge in [-0.1, -0.05) is 18.2 Å². The quantitative estimate of drug-likeness (QED) is 0.615. The third kappa shape index (κ3) is 3.34. The Balaban J connectivity index is 2.10. The Morgan fingerprint density at radius 3 is 2.32 bits per heavy atom. The van der Waals surface area contributed by atoms with E-state index < -0.39 is 11.7 Å². The number of ketones is 1. The SMILES string of the molecule is O=C(C=Cc1ccc(C(F)(F)F)cc1)c1ccco1. The fourth-order valence-corrected chi connectivity index (χ4v) is 1.46. The second-order valence-electron chi connectivity index (χ2n) is 3.79. The van der Waals surface area contributed by atoms with Crippen molar-refractivity contribution in [2.24, 2.45) is 0 Å². The van der Waals surface area contributed by atoms with Crippen LogP contribution in [0.15, 0.2) is 53.2 Å². The molecular weight excluding hydrogens is 257 g/mol. The average Bonchev–Trinajstić information content (AvgIpc) is 2.89. The molecule has 1 heterocycles. The number of furan rings is 1. The van der Waals surface area contributed by atoms with Crippen LogP contribution in [0, 0.1) is 0 Å². The van der Waals surface area contributed by atoms with E-state index in [1.165, 1.54) is 36.6 Å². The fourth-order valence-electron chi connectivity index (χ4n) is 1.46. The van der Waals surface area contributed by atoms with Gasteiger partial charge in [-0.2, -0.15) is 13.2 Å². The summed E-state index contributed by atoms with van der Waals surface area (Å²) in [7, 11) is 0. The van der Waals surface area contributed by atoms with Crippen LogP contribution in [0.4, 0.5) is 13.2 Å². The van der Waals surface area contributed by atoms with Gasteiger partial charge in [0.05, 0.1) is 11.8 Å². The maximum Gasteiger partial charge on any atom is 0.416 e. The van der Waals surface area contributed by atoms with E-state index in [9.17, 15) is 18.0 Å². The number of hydrogen-bond donors (Lipinski definition) is 0. The minimum atomic E-state index is -4.35. The molecule has 0 unspecified atom stereocenters. The molecule has 19 heavy (non-hydrogen) atoms. The highest BCUT2D eigenvalue weighted by atomic mass is 19.4. The molecule has 0 amide bonds. The summed E-state index contributed by atoms with van der Waals surface area (Å²) >= 11 is 0. The summed E-state index contributed by atoms with van der Waals surface area (Å²) in [5.74, 6) is -0.159. The molecule has 1 aromatic heterocycles. The lowest BCUT2D eigenvalue weighted by Crippen LogP contribution is -2.03. The third-order valence-electron chi connectivity index (χ3n) is 2.43. The number of benzene rings is 1. The van der Waals surface area contributed by atoms with E-state index in [-0.39, 0.29) is 11.5 Å². The summed E-state index contributed by atoms with van der Waals surface area (Å²) in [6.45, 7) is 0. The summed E-state index contributed by atoms with van der Waals surface area (Å²) in [6, 6.07) is 7.64. The normalized spacial score (nSPS) is 11.9. The van der Waals surface area contributed by atoms with E-state index in [0.29, 0.717) is 5.56 Å². The lowest BCUT2D eigenvalue weighted by atomic mass is 10.1. The molecule has 98 valence electrons. The number of alkyl halides is 3. The predicted molar refractivity (Wildman–Crippen MR) is 63.5 cm³/mol. The maximum atomic E-state index is 12.3. The van der Waals surface area contributed by atoms with Crippen molar-refractivity contribution in [2.75, 3.05) is 0 Å². The molecule has 0 aliphatic heterocycles. The van der Waals surface area contributed by atoms with Crippen molar-refractivity contribution in [1.82, 2.24) is 0 Å². The van der Waals surface area contributed by atoms with Gasteiger partial charge in [-0.3, -0.25) is 4.79 Å². The van der Waals surface area contributed by atoms with Gasteiger partial charge in [0.2, 0.25) is 5.78 Å². The largest absolute Gasteiger partial charge is 0.461 e. The first kappa shape index (κ1) is 13.1. The molecule has 0 atom stereocenters. The topological polar surface area (TPSA) is 30.2 Å². The Kier molecular flexibility index (Phi) is 3.55. The maximum absolute atomic E-state index is 12.3. The molecule has 0 radical (unpaired) electrons. The zero-order valence-electron chi connectivity index (χ0n) is 9.65. The Bertz CT molecular complexity index is 578. The first-order valence-corrected chi connectivity index (χ1v) is 5.40. The van der Waals surface area contributed by atoms with Gasteiger partial charge in [0.15, 0.2) is 5.76 Å². The van der Waals surface area contributed by atoms with Crippen LogP contribution < -0.4 is 0 Å². The molecule has 0 saturated carbocycles. The molecule has 2 aromatic rings. The highest BCUT2D eigenvalue weighted by Gasteiger charge is 2.29. The van der Waals surface area contributed by atoms with Gasteiger partial charge in [0.1, 0.15) is 0 Å². The van der Waals surface area contributed by atoms with Crippen molar-refractivity contribution in [3.05, 3.63) is 65.6 Å². The van der Waals surface area contributed by atoms with Crippen molar-refractivity contribution in [1.29, 1.82) is 0 Å². The smallest absolute Gasteiger partial charge is 0.416 e. The summed E-state index contributed by atoms with van der Waals surface area (Å²) in [4.78, 5) is 11.5. The molecule has 0 N–H and O–H groups in total. The lowest BCUT2D eigenvalue weighted by Gasteiger charge is -2.05. The fraction of sp³-hybridized carbons (Fsp3) is 0.0714. The Hall–Kier alpha value is -2.30. The van der Waals surface area contributed by atoms with Gasteiger partial charge in [-0.05, 0) is 35.9 Å². The molecular formula is C14H9F3O2. The number of carbonyl (C=O) groups is 1. The molecule has 0 bridgehead atoms. The third-order valence-corrected chi connectivity index (χ3v) is 2.43. The Morgan fingerprint density at radius 1 is 1.11 bits per heavy atom. The van der Waals surface area contributed by atoms with E-state index in [1.807, 2.05) is 0 Å². The monoisotopic (exact) mass is 266 g/mol. The van der Waals surface area contributed by atoms with Crippen molar-refractivity contribution >= 4 is 11.9 Å². The van der Waals surface area contributed by atoms with Crippen LogP contribution in [0.3, 0.4) is 0 Å². The van der Waals surface area contributed by atoms with Crippen LogP contribution in [0.2, 0.25) is 0 Å². The number of rotatable bonds is 3. The Labute approximate surface area is 107 Å². The second kappa shape index (κ2) is 5.14. The van der Waals surface area contributed by atoms with Gasteiger partial charge >= 0.3 is 6.18 Å². The van der Waals surface area contributed by atoms with Crippen LogP contribution in [0.1, 0.15) is 21.7 Å². The van der Waals surface area contributed by atoms with Crippen molar-refractivity contribution in [2.45, 2.75) is 6.18 Å². The van der Waals surface area contributed by atoms with Crippen molar-refractivity contribution < 1.29 is 22.4 Å². The van der Waals surface area contributed by atoms with Gasteiger partial charge in [0, 0.05) is 0 Å². The van der Waals surface area contributed by atoms with Gasteiger partial charge in [-0.25, -0.2) is 0 Å². The molecule has 1 aromatic carbocycles. The van der Waals surface area contributed by atoms with Crippen LogP contribution >= 0.6 is 0 Å². The first-order chi connectivity index (χ1) is 8.97. The van der Waals surface area contributed by atoms with Crippen LogP contribution in [-0.4, -0.2) is 5.78 Å². The summed E-state index contributed by atoms with van der Waals surface area (Å²) in [6.07, 6.45) is -0.294. The first-order valence-electron chi connectivity index (χ1n) is 5.40. The van der Waals surface area contributed by atoms with E-state index in [2.05, 4.69) is 0 Å². The number of allylic oxidation sites excluding steroid dienone is 1. The average molecular weight is 266 g/mol. The van der Waals surface area contributed by atoms with Crippen molar-refractivity contribution in [3.8, 4) is 0 Å². The number of hydrogen-bond acceptors (Lipinski definition) is 2. The zero-order valence-corrected chi connectivity index (χ0v) is 9.65. The minimum absolute atomic E-state index is 0.183. The van der Waals surface area contributed by atoms with E-state index >= 15 is 0 Å². The van der Waals surface area contributed by atoms with E-state index in [1.54, 1.807) is 6.07 Å². The van der Waals surface area contributed by atoms with Crippen LogP contribution in [0.5, 0.6) is 0 Å². The number of halogens is 3. The highest BCUT2D eigenvalue weighted by molar-refractivity contribution is 6.04. The predicted octanol–water partition coefficient (Wildman–Crippen LogP) is 4.19. The lowest BCUT2D eigenvalue weighted by molar-refractivity contribution is -0.137. The van der Waals surface area contributed by atoms with Gasteiger partial charge in [0.25, 0.3) is 0 Å². The van der Waals surface area contributed by atoms with Gasteiger partial charge in [-0.15, -0.1) is 0 Å². The Morgan fingerprint density at radius 2 is 1.79 bits per heavy atom. The molecule has 5 heteroatoms. The van der Waals surface area contributed by atoms with Crippen LogP contribution in [0.25, 0.3) is 6.08 Å². The molecule has 0 aliphatic rings. The van der Waals surface area contributed by atoms with Crippen molar-refractivity contribution in [3.63, 3.8) is 0 Å². The minimum Gasteiger partial charge on any atom is -0.461 e. The second-order valence-corrected chi connectivity index (χ2v) is 3.79. The molecule has 0 saturated heterocycles. The van der Waals surface area contributed by atoms with Crippen LogP contribution in [-0.2, 0) is 6.18 Å². The molecule has 0 aliphatic carbocycles.